The number of aromatic nitrogens is 1. The van der Waals surface area contributed by atoms with Gasteiger partial charge in [-0.2, -0.15) is 13.2 Å². The molecule has 1 aliphatic rings. The highest BCUT2D eigenvalue weighted by atomic mass is 32.1. The summed E-state index contributed by atoms with van der Waals surface area (Å²) in [6, 6.07) is 11.1. The Morgan fingerprint density at radius 1 is 1.17 bits per heavy atom. The predicted octanol–water partition coefficient (Wildman–Crippen LogP) is 5.67. The molecule has 6 nitrogen and oxygen atoms in total. The number of carbonyl (C=O) groups is 1. The Labute approximate surface area is 202 Å². The second-order valence-electron chi connectivity index (χ2n) is 8.75. The maximum atomic E-state index is 13.5. The number of alkyl halides is 3. The number of pyridine rings is 1. The predicted molar refractivity (Wildman–Crippen MR) is 128 cm³/mol. The number of carbonyl (C=O) groups excluding carboxylic acids is 1. The molecule has 0 saturated heterocycles. The summed E-state index contributed by atoms with van der Waals surface area (Å²) in [5.74, 6) is -0.867. The van der Waals surface area contributed by atoms with Crippen LogP contribution in [0.25, 0.3) is 22.2 Å². The summed E-state index contributed by atoms with van der Waals surface area (Å²) in [5.41, 5.74) is 6.68. The van der Waals surface area contributed by atoms with Gasteiger partial charge >= 0.3 is 6.18 Å². The van der Waals surface area contributed by atoms with Crippen LogP contribution >= 0.6 is 11.3 Å². The van der Waals surface area contributed by atoms with E-state index in [0.29, 0.717) is 16.0 Å². The van der Waals surface area contributed by atoms with Crippen molar-refractivity contribution in [3.63, 3.8) is 0 Å². The minimum atomic E-state index is -4.48. The molecule has 0 fully saturated rings. The summed E-state index contributed by atoms with van der Waals surface area (Å²) in [5, 5.41) is 2.58. The fraction of sp³-hybridized carbons (Fsp3) is 0.240. The van der Waals surface area contributed by atoms with Crippen LogP contribution in [0.15, 0.2) is 63.5 Å². The summed E-state index contributed by atoms with van der Waals surface area (Å²) < 4.78 is 45.5. The van der Waals surface area contributed by atoms with E-state index in [4.69, 9.17) is 15.1 Å². The van der Waals surface area contributed by atoms with Crippen molar-refractivity contribution in [2.24, 2.45) is 10.7 Å². The van der Waals surface area contributed by atoms with Gasteiger partial charge < -0.3 is 10.2 Å². The van der Waals surface area contributed by atoms with Crippen molar-refractivity contribution in [2.45, 2.75) is 31.5 Å². The van der Waals surface area contributed by atoms with E-state index in [0.717, 1.165) is 23.1 Å². The smallest absolute Gasteiger partial charge is 0.416 e. The number of halogens is 3. The van der Waals surface area contributed by atoms with Crippen LogP contribution in [0.1, 0.15) is 34.5 Å². The number of amides is 1. The number of aliphatic imine (C=N–C) groups is 1. The van der Waals surface area contributed by atoms with E-state index >= 15 is 0 Å². The Hall–Kier alpha value is -3.66. The molecule has 10 heteroatoms. The zero-order valence-corrected chi connectivity index (χ0v) is 19.9. The number of aryl methyl sites for hydroxylation is 1. The van der Waals surface area contributed by atoms with E-state index in [1.54, 1.807) is 30.8 Å². The lowest BCUT2D eigenvalue weighted by molar-refractivity contribution is -0.137. The van der Waals surface area contributed by atoms with Crippen LogP contribution in [0.4, 0.5) is 13.2 Å². The lowest BCUT2D eigenvalue weighted by Crippen LogP contribution is -2.52. The van der Waals surface area contributed by atoms with Gasteiger partial charge in [0.1, 0.15) is 11.1 Å². The number of likely N-dealkylation sites (N-methyl/N-ethyl adjacent to an activating group) is 1. The monoisotopic (exact) mass is 498 g/mol. The van der Waals surface area contributed by atoms with Crippen molar-refractivity contribution >= 4 is 34.2 Å². The molecule has 0 radical (unpaired) electrons. The molecule has 1 aliphatic heterocycles. The number of benzene rings is 1. The topological polar surface area (TPSA) is 84.7 Å². The number of guanidine groups is 1. The van der Waals surface area contributed by atoms with Gasteiger partial charge in [-0.15, -0.1) is 11.3 Å². The first kappa shape index (κ1) is 23.1. The number of nitrogens with two attached hydrogens (primary N) is 1. The summed E-state index contributed by atoms with van der Waals surface area (Å²) in [6.07, 6.45) is -2.91. The molecule has 0 aliphatic carbocycles. The summed E-state index contributed by atoms with van der Waals surface area (Å²) in [7, 11) is 1.57. The van der Waals surface area contributed by atoms with Gasteiger partial charge in [0.05, 0.1) is 23.4 Å². The van der Waals surface area contributed by atoms with Crippen molar-refractivity contribution in [3.05, 3.63) is 75.8 Å². The first-order valence-corrected chi connectivity index (χ1v) is 11.6. The highest BCUT2D eigenvalue weighted by molar-refractivity contribution is 7.10. The Bertz CT molecular complexity index is 1490. The fourth-order valence-corrected chi connectivity index (χ4v) is 5.51. The van der Waals surface area contributed by atoms with Crippen LogP contribution in [0, 0.1) is 6.92 Å². The number of nitrogens with zero attached hydrogens (tertiary/aromatic N) is 3. The van der Waals surface area contributed by atoms with E-state index in [1.807, 2.05) is 25.1 Å². The van der Waals surface area contributed by atoms with Gasteiger partial charge in [0, 0.05) is 33.9 Å². The second kappa shape index (κ2) is 7.94. The first-order valence-electron chi connectivity index (χ1n) is 10.7. The van der Waals surface area contributed by atoms with Crippen molar-refractivity contribution in [3.8, 4) is 11.3 Å². The van der Waals surface area contributed by atoms with Gasteiger partial charge in [-0.25, -0.2) is 4.99 Å². The summed E-state index contributed by atoms with van der Waals surface area (Å²) in [4.78, 5) is 24.5. The van der Waals surface area contributed by atoms with Gasteiger partial charge in [0.2, 0.25) is 5.91 Å². The quantitative estimate of drug-likeness (QED) is 0.395. The summed E-state index contributed by atoms with van der Waals surface area (Å²) in [6.45, 7) is 3.34. The Kier molecular flexibility index (Phi) is 5.24. The lowest BCUT2D eigenvalue weighted by atomic mass is 9.77. The van der Waals surface area contributed by atoms with Crippen LogP contribution in [-0.2, 0) is 16.5 Å². The molecule has 3 aromatic heterocycles. The second-order valence-corrected chi connectivity index (χ2v) is 9.66. The number of furan rings is 1. The zero-order valence-electron chi connectivity index (χ0n) is 19.1. The normalized spacial score (nSPS) is 21.0. The van der Waals surface area contributed by atoms with E-state index in [9.17, 15) is 18.0 Å². The minimum Gasteiger partial charge on any atom is -0.464 e. The van der Waals surface area contributed by atoms with Crippen molar-refractivity contribution in [1.82, 2.24) is 9.88 Å². The standard InChI is InChI=1S/C25H21F3N4O2S/c1-13-8-17(25(26,27)28)11-18(30-13)16-10-20(35-12-16)24(2)21(22(33)32(3)23(29)31-24)15-4-5-19-14(9-15)6-7-34-19/h4-12,21H,1-3H3,(H2,29,31)/t21-,24-/m1/s1. The molecular weight excluding hydrogens is 477 g/mol. The minimum absolute atomic E-state index is 0.0705. The van der Waals surface area contributed by atoms with Crippen molar-refractivity contribution < 1.29 is 22.4 Å². The van der Waals surface area contributed by atoms with Gasteiger partial charge in [0.25, 0.3) is 0 Å². The highest BCUT2D eigenvalue weighted by Gasteiger charge is 2.48. The van der Waals surface area contributed by atoms with Gasteiger partial charge in [-0.1, -0.05) is 6.07 Å². The molecule has 0 bridgehead atoms. The Morgan fingerprint density at radius 3 is 2.69 bits per heavy atom. The zero-order chi connectivity index (χ0) is 25.1. The molecular formula is C25H21F3N4O2S. The maximum absolute atomic E-state index is 13.5. The summed E-state index contributed by atoms with van der Waals surface area (Å²) >= 11 is 1.30. The van der Waals surface area contributed by atoms with Crippen LogP contribution in [0.2, 0.25) is 0 Å². The highest BCUT2D eigenvalue weighted by Crippen LogP contribution is 2.47. The van der Waals surface area contributed by atoms with E-state index < -0.39 is 23.2 Å². The third-order valence-corrected chi connectivity index (χ3v) is 7.47. The number of rotatable bonds is 3. The largest absolute Gasteiger partial charge is 0.464 e. The lowest BCUT2D eigenvalue weighted by Gasteiger charge is -2.40. The van der Waals surface area contributed by atoms with Crippen molar-refractivity contribution in [1.29, 1.82) is 0 Å². The molecule has 2 N–H and O–H groups in total. The molecule has 0 spiro atoms. The van der Waals surface area contributed by atoms with E-state index in [1.165, 1.54) is 23.2 Å². The third kappa shape index (κ3) is 3.87. The Morgan fingerprint density at radius 2 is 1.94 bits per heavy atom. The molecule has 0 unspecified atom stereocenters. The van der Waals surface area contributed by atoms with E-state index in [-0.39, 0.29) is 23.3 Å². The third-order valence-electron chi connectivity index (χ3n) is 6.31. The molecule has 180 valence electrons. The first-order chi connectivity index (χ1) is 16.5. The molecule has 4 heterocycles. The van der Waals surface area contributed by atoms with Crippen LogP contribution in [-0.4, -0.2) is 28.8 Å². The fourth-order valence-electron chi connectivity index (χ4n) is 4.47. The molecule has 1 amide bonds. The van der Waals surface area contributed by atoms with Crippen LogP contribution in [0.3, 0.4) is 0 Å². The van der Waals surface area contributed by atoms with Gasteiger partial charge in [-0.3, -0.25) is 14.7 Å². The van der Waals surface area contributed by atoms with E-state index in [2.05, 4.69) is 4.98 Å². The number of hydrogen-bond donors (Lipinski definition) is 1. The van der Waals surface area contributed by atoms with Gasteiger partial charge in [-0.05, 0) is 55.8 Å². The van der Waals surface area contributed by atoms with Crippen LogP contribution < -0.4 is 5.73 Å². The molecule has 35 heavy (non-hydrogen) atoms. The number of thiophene rings is 1. The average molecular weight is 499 g/mol. The number of fused-ring (bicyclic) bond motifs is 1. The molecule has 4 aromatic rings. The average Bonchev–Trinajstić information content (AvgIpc) is 3.46. The Balaban J connectivity index is 1.63. The number of hydrogen-bond acceptors (Lipinski definition) is 6. The molecule has 5 rings (SSSR count). The molecule has 2 atom stereocenters. The van der Waals surface area contributed by atoms with Crippen LogP contribution in [0.5, 0.6) is 0 Å². The van der Waals surface area contributed by atoms with Crippen molar-refractivity contribution in [2.75, 3.05) is 7.05 Å². The molecule has 0 saturated carbocycles. The van der Waals surface area contributed by atoms with Gasteiger partial charge in [0.15, 0.2) is 5.96 Å². The maximum Gasteiger partial charge on any atom is 0.416 e. The SMILES string of the molecule is Cc1cc(C(F)(F)F)cc(-c2csc([C@@]3(C)N=C(N)N(C)C(=O)[C@H]3c3ccc4occc4c3)c2)n1. The molecule has 1 aromatic carbocycles.